The predicted molar refractivity (Wildman–Crippen MR) is 61.7 cm³/mol. The van der Waals surface area contributed by atoms with Crippen molar-refractivity contribution < 1.29 is 5.11 Å². The van der Waals surface area contributed by atoms with E-state index >= 15 is 0 Å². The summed E-state index contributed by atoms with van der Waals surface area (Å²) in [7, 11) is 0. The summed E-state index contributed by atoms with van der Waals surface area (Å²) in [4.78, 5) is 8.27. The quantitative estimate of drug-likeness (QED) is 0.526. The van der Waals surface area contributed by atoms with E-state index in [2.05, 4.69) is 32.6 Å². The maximum atomic E-state index is 9.26. The molecule has 2 atom stereocenters. The summed E-state index contributed by atoms with van der Waals surface area (Å²) in [5.74, 6) is 0. The lowest BCUT2D eigenvalue weighted by Crippen LogP contribution is -2.15. The summed E-state index contributed by atoms with van der Waals surface area (Å²) in [5.41, 5.74) is 0. The largest absolute Gasteiger partial charge is 0.392 e. The van der Waals surface area contributed by atoms with Gasteiger partial charge in [0.2, 0.25) is 0 Å². The fourth-order valence-corrected chi connectivity index (χ4v) is 1.66. The predicted octanol–water partition coefficient (Wildman–Crippen LogP) is 1.94. The van der Waals surface area contributed by atoms with Crippen molar-refractivity contribution in [1.82, 2.24) is 9.97 Å². The molecule has 0 fully saturated rings. The third-order valence-electron chi connectivity index (χ3n) is 1.57. The lowest BCUT2D eigenvalue weighted by atomic mass is 10.3. The molecule has 2 unspecified atom stereocenters. The Morgan fingerprint density at radius 3 is 2.38 bits per heavy atom. The highest BCUT2D eigenvalue weighted by Gasteiger charge is 2.11. The topological polar surface area (TPSA) is 46.0 Å². The maximum absolute atomic E-state index is 9.26. The van der Waals surface area contributed by atoms with Crippen LogP contribution in [0.3, 0.4) is 0 Å². The molecule has 0 bridgehead atoms. The minimum atomic E-state index is -0.340. The highest BCUT2D eigenvalue weighted by molar-refractivity contribution is 14.1. The standard InChI is InChI=1S/C8H11IN2OS/c1-5(12)6(2)13-8-10-3-7(9)4-11-8/h3-6,12H,1-2H3. The van der Waals surface area contributed by atoms with E-state index in [1.807, 2.05) is 6.92 Å². The van der Waals surface area contributed by atoms with E-state index in [4.69, 9.17) is 0 Å². The van der Waals surface area contributed by atoms with E-state index in [1.54, 1.807) is 19.3 Å². The molecule has 72 valence electrons. The zero-order chi connectivity index (χ0) is 9.84. The second-order valence-electron chi connectivity index (χ2n) is 2.75. The van der Waals surface area contributed by atoms with Gasteiger partial charge in [0.1, 0.15) is 0 Å². The Bertz CT molecular complexity index is 265. The molecule has 3 nitrogen and oxygen atoms in total. The van der Waals surface area contributed by atoms with Crippen molar-refractivity contribution in [2.45, 2.75) is 30.4 Å². The molecule has 1 aromatic heterocycles. The second kappa shape index (κ2) is 5.11. The SMILES string of the molecule is CC(O)C(C)Sc1ncc(I)cn1. The van der Waals surface area contributed by atoms with Crippen molar-refractivity contribution in [3.8, 4) is 0 Å². The Morgan fingerprint density at radius 2 is 1.92 bits per heavy atom. The summed E-state index contributed by atoms with van der Waals surface area (Å²) >= 11 is 3.64. The number of aromatic nitrogens is 2. The molecule has 0 amide bonds. The highest BCUT2D eigenvalue weighted by atomic mass is 127. The fourth-order valence-electron chi connectivity index (χ4n) is 0.626. The van der Waals surface area contributed by atoms with Crippen molar-refractivity contribution >= 4 is 34.4 Å². The monoisotopic (exact) mass is 310 g/mol. The minimum Gasteiger partial charge on any atom is -0.392 e. The lowest BCUT2D eigenvalue weighted by Gasteiger charge is -2.11. The van der Waals surface area contributed by atoms with Gasteiger partial charge in [-0.15, -0.1) is 0 Å². The van der Waals surface area contributed by atoms with Crippen LogP contribution in [-0.4, -0.2) is 26.4 Å². The van der Waals surface area contributed by atoms with Crippen LogP contribution in [0.25, 0.3) is 0 Å². The van der Waals surface area contributed by atoms with Gasteiger partial charge in [-0.2, -0.15) is 0 Å². The number of aliphatic hydroxyl groups is 1. The first kappa shape index (κ1) is 11.2. The number of hydrogen-bond acceptors (Lipinski definition) is 4. The van der Waals surface area contributed by atoms with Gasteiger partial charge >= 0.3 is 0 Å². The van der Waals surface area contributed by atoms with Crippen LogP contribution < -0.4 is 0 Å². The molecule has 1 heterocycles. The van der Waals surface area contributed by atoms with Crippen LogP contribution in [-0.2, 0) is 0 Å². The molecular weight excluding hydrogens is 299 g/mol. The van der Waals surface area contributed by atoms with Crippen LogP contribution in [0, 0.1) is 3.57 Å². The maximum Gasteiger partial charge on any atom is 0.187 e. The molecule has 0 radical (unpaired) electrons. The minimum absolute atomic E-state index is 0.125. The van der Waals surface area contributed by atoms with Crippen molar-refractivity contribution in [2.75, 3.05) is 0 Å². The number of thioether (sulfide) groups is 1. The average molecular weight is 310 g/mol. The zero-order valence-corrected chi connectivity index (χ0v) is 10.4. The number of hydrogen-bond donors (Lipinski definition) is 1. The third-order valence-corrected chi connectivity index (χ3v) is 3.31. The van der Waals surface area contributed by atoms with Gasteiger partial charge in [-0.1, -0.05) is 18.7 Å². The molecule has 0 spiro atoms. The third kappa shape index (κ3) is 3.78. The van der Waals surface area contributed by atoms with E-state index in [0.717, 1.165) is 3.57 Å². The van der Waals surface area contributed by atoms with Gasteiger partial charge in [0.05, 0.1) is 6.10 Å². The van der Waals surface area contributed by atoms with Crippen LogP contribution in [0.5, 0.6) is 0 Å². The highest BCUT2D eigenvalue weighted by Crippen LogP contribution is 2.21. The van der Waals surface area contributed by atoms with Crippen molar-refractivity contribution in [3.63, 3.8) is 0 Å². The lowest BCUT2D eigenvalue weighted by molar-refractivity contribution is 0.196. The Morgan fingerprint density at radius 1 is 1.38 bits per heavy atom. The smallest absolute Gasteiger partial charge is 0.187 e. The van der Waals surface area contributed by atoms with Gasteiger partial charge in [-0.25, -0.2) is 9.97 Å². The molecule has 5 heteroatoms. The van der Waals surface area contributed by atoms with Crippen molar-refractivity contribution in [1.29, 1.82) is 0 Å². The Kier molecular flexibility index (Phi) is 4.40. The zero-order valence-electron chi connectivity index (χ0n) is 7.44. The van der Waals surface area contributed by atoms with Gasteiger partial charge in [0.25, 0.3) is 0 Å². The Labute approximate surface area is 95.5 Å². The van der Waals surface area contributed by atoms with Crippen LogP contribution in [0.2, 0.25) is 0 Å². The van der Waals surface area contributed by atoms with E-state index in [1.165, 1.54) is 11.8 Å². The number of halogens is 1. The number of aliphatic hydroxyl groups excluding tert-OH is 1. The molecule has 0 aliphatic rings. The molecule has 1 N–H and O–H groups in total. The fraction of sp³-hybridized carbons (Fsp3) is 0.500. The first-order valence-corrected chi connectivity index (χ1v) is 5.87. The molecule has 0 aromatic carbocycles. The first-order valence-electron chi connectivity index (χ1n) is 3.92. The normalized spacial score (nSPS) is 15.4. The first-order chi connectivity index (χ1) is 6.09. The molecule has 0 aliphatic carbocycles. The molecule has 0 aliphatic heterocycles. The molecule has 0 saturated carbocycles. The molecule has 13 heavy (non-hydrogen) atoms. The average Bonchev–Trinajstić information content (AvgIpc) is 2.08. The molecule has 1 rings (SSSR count). The van der Waals surface area contributed by atoms with Crippen LogP contribution in [0.1, 0.15) is 13.8 Å². The summed E-state index contributed by atoms with van der Waals surface area (Å²) in [5, 5.41) is 10.1. The van der Waals surface area contributed by atoms with Crippen LogP contribution in [0.4, 0.5) is 0 Å². The summed E-state index contributed by atoms with van der Waals surface area (Å²) in [6, 6.07) is 0. The molecule has 0 saturated heterocycles. The summed E-state index contributed by atoms with van der Waals surface area (Å²) in [6.07, 6.45) is 3.20. The van der Waals surface area contributed by atoms with Gasteiger partial charge in [-0.3, -0.25) is 0 Å². The van der Waals surface area contributed by atoms with Crippen LogP contribution >= 0.6 is 34.4 Å². The number of rotatable bonds is 3. The van der Waals surface area contributed by atoms with E-state index in [-0.39, 0.29) is 11.4 Å². The molecular formula is C8H11IN2OS. The van der Waals surface area contributed by atoms with Gasteiger partial charge < -0.3 is 5.11 Å². The van der Waals surface area contributed by atoms with Crippen molar-refractivity contribution in [2.24, 2.45) is 0 Å². The Hall–Kier alpha value is 0.120. The summed E-state index contributed by atoms with van der Waals surface area (Å²) in [6.45, 7) is 3.72. The summed E-state index contributed by atoms with van der Waals surface area (Å²) < 4.78 is 1.02. The molecule has 1 aromatic rings. The van der Waals surface area contributed by atoms with Crippen molar-refractivity contribution in [3.05, 3.63) is 16.0 Å². The number of nitrogens with zero attached hydrogens (tertiary/aromatic N) is 2. The van der Waals surface area contributed by atoms with E-state index < -0.39 is 0 Å². The van der Waals surface area contributed by atoms with E-state index in [0.29, 0.717) is 5.16 Å². The van der Waals surface area contributed by atoms with Gasteiger partial charge in [-0.05, 0) is 29.5 Å². The van der Waals surface area contributed by atoms with E-state index in [9.17, 15) is 5.11 Å². The van der Waals surface area contributed by atoms with Crippen LogP contribution in [0.15, 0.2) is 17.6 Å². The van der Waals surface area contributed by atoms with Gasteiger partial charge in [0.15, 0.2) is 5.16 Å². The second-order valence-corrected chi connectivity index (χ2v) is 5.34. The Balaban J connectivity index is 2.59. The van der Waals surface area contributed by atoms with Gasteiger partial charge in [0, 0.05) is 21.2 Å².